The number of carbonyl (C=O) groups is 1. The summed E-state index contributed by atoms with van der Waals surface area (Å²) in [6.45, 7) is 9.30. The number of likely N-dealkylation sites (N-methyl/N-ethyl adjacent to an activating group) is 1. The van der Waals surface area contributed by atoms with E-state index in [-0.39, 0.29) is 5.54 Å². The summed E-state index contributed by atoms with van der Waals surface area (Å²) in [5.41, 5.74) is 0.133. The van der Waals surface area contributed by atoms with E-state index in [1.807, 2.05) is 6.20 Å². The second-order valence-corrected chi connectivity index (χ2v) is 8.93. The number of carbonyl (C=O) groups excluding carboxylic acids is 1. The molecule has 6 nitrogen and oxygen atoms in total. The van der Waals surface area contributed by atoms with Crippen LogP contribution in [0.4, 0.5) is 0 Å². The lowest BCUT2D eigenvalue weighted by Gasteiger charge is -2.49. The number of aromatic nitrogens is 2. The predicted molar refractivity (Wildman–Crippen MR) is 106 cm³/mol. The number of imidazole rings is 1. The van der Waals surface area contributed by atoms with Gasteiger partial charge in [-0.25, -0.2) is 4.98 Å². The van der Waals surface area contributed by atoms with Crippen LogP contribution in [0.2, 0.25) is 0 Å². The third-order valence-electron chi connectivity index (χ3n) is 6.89. The average Bonchev–Trinajstić information content (AvgIpc) is 3.41. The summed E-state index contributed by atoms with van der Waals surface area (Å²) in [4.78, 5) is 24.5. The van der Waals surface area contributed by atoms with Gasteiger partial charge in [-0.15, -0.1) is 0 Å². The highest BCUT2D eigenvalue weighted by Crippen LogP contribution is 2.35. The van der Waals surface area contributed by atoms with Crippen molar-refractivity contribution < 1.29 is 4.79 Å². The van der Waals surface area contributed by atoms with Gasteiger partial charge in [0.15, 0.2) is 0 Å². The van der Waals surface area contributed by atoms with Crippen molar-refractivity contribution in [3.63, 3.8) is 0 Å². The molecule has 6 heteroatoms. The SMILES string of the molecule is CCCn1ccnc1CN1CCN(C)[C@@]2(CCC(=O)N(CC3CC3)CC2)C1. The maximum Gasteiger partial charge on any atom is 0.222 e. The number of rotatable bonds is 6. The quantitative estimate of drug-likeness (QED) is 0.767. The Kier molecular flexibility index (Phi) is 5.55. The van der Waals surface area contributed by atoms with Crippen molar-refractivity contribution in [1.29, 1.82) is 0 Å². The van der Waals surface area contributed by atoms with Crippen LogP contribution >= 0.6 is 0 Å². The molecule has 1 atom stereocenters. The molecule has 1 aliphatic carbocycles. The Balaban J connectivity index is 1.43. The zero-order chi connectivity index (χ0) is 18.9. The number of aryl methyl sites for hydroxylation is 1. The monoisotopic (exact) mass is 373 g/mol. The molecule has 27 heavy (non-hydrogen) atoms. The van der Waals surface area contributed by atoms with E-state index < -0.39 is 0 Å². The van der Waals surface area contributed by atoms with Gasteiger partial charge in [0.25, 0.3) is 0 Å². The van der Waals surface area contributed by atoms with Crippen molar-refractivity contribution in [2.45, 2.75) is 64.1 Å². The maximum atomic E-state index is 12.6. The van der Waals surface area contributed by atoms with E-state index in [2.05, 4.69) is 44.4 Å². The van der Waals surface area contributed by atoms with E-state index in [1.165, 1.54) is 18.7 Å². The summed E-state index contributed by atoms with van der Waals surface area (Å²) in [7, 11) is 2.26. The summed E-state index contributed by atoms with van der Waals surface area (Å²) in [6, 6.07) is 0. The van der Waals surface area contributed by atoms with Crippen LogP contribution in [0, 0.1) is 5.92 Å². The van der Waals surface area contributed by atoms with E-state index in [1.54, 1.807) is 0 Å². The zero-order valence-corrected chi connectivity index (χ0v) is 17.1. The number of likely N-dealkylation sites (tertiary alicyclic amines) is 1. The molecule has 1 saturated carbocycles. The summed E-state index contributed by atoms with van der Waals surface area (Å²) in [5.74, 6) is 2.33. The van der Waals surface area contributed by atoms with Crippen molar-refractivity contribution >= 4 is 5.91 Å². The van der Waals surface area contributed by atoms with Gasteiger partial charge >= 0.3 is 0 Å². The number of hydrogen-bond acceptors (Lipinski definition) is 4. The summed E-state index contributed by atoms with van der Waals surface area (Å²) < 4.78 is 2.29. The van der Waals surface area contributed by atoms with E-state index in [9.17, 15) is 4.79 Å². The molecule has 0 radical (unpaired) electrons. The highest BCUT2D eigenvalue weighted by molar-refractivity contribution is 5.76. The van der Waals surface area contributed by atoms with Gasteiger partial charge in [-0.3, -0.25) is 14.6 Å². The minimum absolute atomic E-state index is 0.133. The maximum absolute atomic E-state index is 12.6. The molecular formula is C21H35N5O. The lowest BCUT2D eigenvalue weighted by atomic mass is 9.86. The van der Waals surface area contributed by atoms with Crippen molar-refractivity contribution in [3.8, 4) is 0 Å². The lowest BCUT2D eigenvalue weighted by Crippen LogP contribution is -2.60. The Labute approximate surface area is 163 Å². The Morgan fingerprint density at radius 2 is 2.07 bits per heavy atom. The second kappa shape index (κ2) is 7.92. The van der Waals surface area contributed by atoms with Gasteiger partial charge in [0.1, 0.15) is 5.82 Å². The third-order valence-corrected chi connectivity index (χ3v) is 6.89. The fourth-order valence-electron chi connectivity index (χ4n) is 4.85. The standard InChI is InChI=1S/C21H35N5O/c1-3-10-25-12-9-22-19(25)16-24-14-13-23(2)21(17-24)7-6-20(27)26(11-8-21)15-18-4-5-18/h9,12,18H,3-8,10-11,13-17H2,1-2H3/t21-/m1/s1. The molecule has 0 N–H and O–H groups in total. The normalized spacial score (nSPS) is 28.1. The molecule has 1 amide bonds. The Hall–Kier alpha value is -1.40. The van der Waals surface area contributed by atoms with Crippen molar-refractivity contribution in [3.05, 3.63) is 18.2 Å². The first-order chi connectivity index (χ1) is 13.1. The summed E-state index contributed by atoms with van der Waals surface area (Å²) in [5, 5.41) is 0. The van der Waals surface area contributed by atoms with Crippen molar-refractivity contribution in [1.82, 2.24) is 24.3 Å². The molecule has 2 saturated heterocycles. The average molecular weight is 374 g/mol. The van der Waals surface area contributed by atoms with Crippen LogP contribution < -0.4 is 0 Å². The van der Waals surface area contributed by atoms with Crippen LogP contribution in [0.3, 0.4) is 0 Å². The van der Waals surface area contributed by atoms with Crippen LogP contribution in [0.25, 0.3) is 0 Å². The first kappa shape index (κ1) is 18.9. The largest absolute Gasteiger partial charge is 0.342 e. The highest BCUT2D eigenvalue weighted by atomic mass is 16.2. The van der Waals surface area contributed by atoms with Gasteiger partial charge in [-0.1, -0.05) is 6.92 Å². The minimum Gasteiger partial charge on any atom is -0.342 e. The molecule has 2 aliphatic heterocycles. The molecule has 0 bridgehead atoms. The minimum atomic E-state index is 0.133. The van der Waals surface area contributed by atoms with Gasteiger partial charge in [0.2, 0.25) is 5.91 Å². The molecule has 1 spiro atoms. The van der Waals surface area contributed by atoms with Crippen LogP contribution in [0.5, 0.6) is 0 Å². The van der Waals surface area contributed by atoms with E-state index in [0.717, 1.165) is 71.0 Å². The smallest absolute Gasteiger partial charge is 0.222 e. The van der Waals surface area contributed by atoms with Gasteiger partial charge in [-0.05, 0) is 45.1 Å². The molecule has 4 rings (SSSR count). The van der Waals surface area contributed by atoms with E-state index in [0.29, 0.717) is 12.3 Å². The van der Waals surface area contributed by atoms with Gasteiger partial charge in [-0.2, -0.15) is 0 Å². The van der Waals surface area contributed by atoms with Crippen molar-refractivity contribution in [2.24, 2.45) is 5.92 Å². The van der Waals surface area contributed by atoms with Crippen LogP contribution in [0.15, 0.2) is 12.4 Å². The molecule has 0 aromatic carbocycles. The van der Waals surface area contributed by atoms with E-state index >= 15 is 0 Å². The molecule has 150 valence electrons. The molecule has 3 fully saturated rings. The second-order valence-electron chi connectivity index (χ2n) is 8.93. The predicted octanol–water partition coefficient (Wildman–Crippen LogP) is 2.20. The zero-order valence-electron chi connectivity index (χ0n) is 17.1. The Bertz CT molecular complexity index is 655. The fourth-order valence-corrected chi connectivity index (χ4v) is 4.85. The molecule has 1 aromatic heterocycles. The van der Waals surface area contributed by atoms with Crippen molar-refractivity contribution in [2.75, 3.05) is 39.8 Å². The number of nitrogens with zero attached hydrogens (tertiary/aromatic N) is 5. The Morgan fingerprint density at radius 1 is 1.22 bits per heavy atom. The molecule has 3 heterocycles. The first-order valence-corrected chi connectivity index (χ1v) is 10.8. The lowest BCUT2D eigenvalue weighted by molar-refractivity contribution is -0.131. The number of piperazine rings is 1. The van der Waals surface area contributed by atoms with Crippen LogP contribution in [0.1, 0.15) is 51.3 Å². The van der Waals surface area contributed by atoms with Gasteiger partial charge < -0.3 is 9.47 Å². The molecular weight excluding hydrogens is 338 g/mol. The first-order valence-electron chi connectivity index (χ1n) is 10.8. The number of hydrogen-bond donors (Lipinski definition) is 0. The highest BCUT2D eigenvalue weighted by Gasteiger charge is 2.43. The fraction of sp³-hybridized carbons (Fsp3) is 0.810. The summed E-state index contributed by atoms with van der Waals surface area (Å²) in [6.07, 6.45) is 10.6. The number of amides is 1. The Morgan fingerprint density at radius 3 is 2.85 bits per heavy atom. The third kappa shape index (κ3) is 4.21. The van der Waals surface area contributed by atoms with Gasteiger partial charge in [0.05, 0.1) is 6.54 Å². The topological polar surface area (TPSA) is 44.6 Å². The van der Waals surface area contributed by atoms with Crippen LogP contribution in [-0.4, -0.2) is 75.5 Å². The van der Waals surface area contributed by atoms with E-state index in [4.69, 9.17) is 0 Å². The van der Waals surface area contributed by atoms with Gasteiger partial charge in [0, 0.05) is 63.6 Å². The molecule has 3 aliphatic rings. The molecule has 0 unspecified atom stereocenters. The summed E-state index contributed by atoms with van der Waals surface area (Å²) >= 11 is 0. The molecule has 1 aromatic rings. The van der Waals surface area contributed by atoms with Crippen LogP contribution in [-0.2, 0) is 17.9 Å².